The number of hydrogen-bond acceptors (Lipinski definition) is 8. The molecule has 0 radical (unpaired) electrons. The van der Waals surface area contributed by atoms with Gasteiger partial charge in [-0.25, -0.2) is 14.4 Å². The van der Waals surface area contributed by atoms with Crippen LogP contribution in [0.25, 0.3) is 11.1 Å². The zero-order valence-corrected chi connectivity index (χ0v) is 21.2. The largest absolute Gasteiger partial charge is 0.369 e. The van der Waals surface area contributed by atoms with Crippen molar-refractivity contribution in [3.05, 3.63) is 66.8 Å². The van der Waals surface area contributed by atoms with Gasteiger partial charge < -0.3 is 26.2 Å². The number of amides is 1. The second-order valence-corrected chi connectivity index (χ2v) is 10.3. The van der Waals surface area contributed by atoms with Crippen molar-refractivity contribution in [3.8, 4) is 11.1 Å². The summed E-state index contributed by atoms with van der Waals surface area (Å²) in [5.74, 6) is 1.11. The number of hydrogen-bond donors (Lipinski definition) is 3. The van der Waals surface area contributed by atoms with Crippen molar-refractivity contribution < 1.29 is 9.18 Å². The minimum atomic E-state index is -0.346. The summed E-state index contributed by atoms with van der Waals surface area (Å²) in [6, 6.07) is 10.0. The highest BCUT2D eigenvalue weighted by Gasteiger charge is 2.47. The fourth-order valence-electron chi connectivity index (χ4n) is 5.82. The Hall–Kier alpha value is -4.05. The van der Waals surface area contributed by atoms with Crippen molar-refractivity contribution in [2.24, 2.45) is 23.5 Å². The molecule has 196 valence electrons. The molecule has 2 fully saturated rings. The summed E-state index contributed by atoms with van der Waals surface area (Å²) in [6.45, 7) is 3.81. The highest BCUT2D eigenvalue weighted by atomic mass is 19.1. The lowest BCUT2D eigenvalue weighted by atomic mass is 9.88. The Morgan fingerprint density at radius 2 is 1.89 bits per heavy atom. The number of halogens is 1. The number of pyridine rings is 1. The summed E-state index contributed by atoms with van der Waals surface area (Å²) < 4.78 is 14.1. The summed E-state index contributed by atoms with van der Waals surface area (Å²) in [5, 5.41) is 6.79. The normalized spacial score (nSPS) is 24.5. The number of fused-ring (bicyclic) bond motifs is 2. The molecular formula is C28H31FN8O. The molecule has 4 atom stereocenters. The molecule has 3 aromatic rings. The van der Waals surface area contributed by atoms with Crippen LogP contribution in [-0.4, -0.2) is 65.0 Å². The number of primary amides is 1. The molecule has 1 saturated carbocycles. The quantitative estimate of drug-likeness (QED) is 0.412. The molecule has 9 nitrogen and oxygen atoms in total. The number of carbonyl (C=O) groups is 1. The molecule has 10 heteroatoms. The van der Waals surface area contributed by atoms with Crippen LogP contribution in [0.15, 0.2) is 60.9 Å². The number of likely N-dealkylation sites (N-methyl/N-ethyl adjacent to an activating group) is 1. The highest BCUT2D eigenvalue weighted by Crippen LogP contribution is 2.45. The number of nitrogens with two attached hydrogens (primary N) is 1. The van der Waals surface area contributed by atoms with E-state index in [-0.39, 0.29) is 35.5 Å². The van der Waals surface area contributed by atoms with Gasteiger partial charge in [0.2, 0.25) is 11.9 Å². The van der Waals surface area contributed by atoms with E-state index in [1.165, 1.54) is 12.1 Å². The topological polar surface area (TPSA) is 112 Å². The Balaban J connectivity index is 1.30. The van der Waals surface area contributed by atoms with Crippen LogP contribution in [0.4, 0.5) is 27.7 Å². The molecule has 4 N–H and O–H groups in total. The molecule has 1 aromatic carbocycles. The van der Waals surface area contributed by atoms with Crippen molar-refractivity contribution in [2.75, 3.05) is 48.8 Å². The lowest BCUT2D eigenvalue weighted by Crippen LogP contribution is -2.44. The number of rotatable bonds is 7. The van der Waals surface area contributed by atoms with Crippen LogP contribution in [-0.2, 0) is 4.79 Å². The summed E-state index contributed by atoms with van der Waals surface area (Å²) in [6.07, 6.45) is 8.55. The Morgan fingerprint density at radius 1 is 1.08 bits per heavy atom. The molecule has 3 aliphatic rings. The van der Waals surface area contributed by atoms with E-state index in [9.17, 15) is 9.18 Å². The van der Waals surface area contributed by atoms with Gasteiger partial charge in [-0.2, -0.15) is 4.98 Å². The minimum Gasteiger partial charge on any atom is -0.369 e. The minimum absolute atomic E-state index is 0.122. The van der Waals surface area contributed by atoms with Gasteiger partial charge in [-0.15, -0.1) is 0 Å². The second kappa shape index (κ2) is 10.0. The molecule has 3 heterocycles. The predicted molar refractivity (Wildman–Crippen MR) is 145 cm³/mol. The monoisotopic (exact) mass is 514 g/mol. The molecule has 1 aliphatic heterocycles. The molecule has 6 rings (SSSR count). The Kier molecular flexibility index (Phi) is 6.40. The molecule has 0 unspecified atom stereocenters. The third kappa shape index (κ3) is 4.79. The maximum atomic E-state index is 14.1. The van der Waals surface area contributed by atoms with Crippen molar-refractivity contribution in [1.82, 2.24) is 19.9 Å². The summed E-state index contributed by atoms with van der Waals surface area (Å²) in [4.78, 5) is 30.8. The van der Waals surface area contributed by atoms with Crippen molar-refractivity contribution in [3.63, 3.8) is 0 Å². The maximum absolute atomic E-state index is 14.1. The smallest absolute Gasteiger partial charge is 0.229 e. The van der Waals surface area contributed by atoms with E-state index in [4.69, 9.17) is 10.7 Å². The fraction of sp³-hybridized carbons (Fsp3) is 0.357. The van der Waals surface area contributed by atoms with E-state index < -0.39 is 0 Å². The van der Waals surface area contributed by atoms with Crippen LogP contribution in [0.2, 0.25) is 0 Å². The van der Waals surface area contributed by atoms with Gasteiger partial charge in [-0.3, -0.25) is 4.79 Å². The van der Waals surface area contributed by atoms with Crippen LogP contribution in [0.3, 0.4) is 0 Å². The number of nitrogens with zero attached hydrogens (tertiary/aromatic N) is 5. The van der Waals surface area contributed by atoms with Crippen LogP contribution in [0.1, 0.15) is 6.42 Å². The Bertz CT molecular complexity index is 1370. The number of anilines is 4. The first kappa shape index (κ1) is 24.3. The maximum Gasteiger partial charge on any atom is 0.229 e. The number of aromatic nitrogens is 3. The SMILES string of the molecule is CN1CCN(c2cc(Nc3ncc(-c4cccc(F)c4)c(N[C@H]4[C@@H](C(N)=O)[C@@H]5C=C[C@H]4C5)n3)ccn2)CC1. The Morgan fingerprint density at radius 3 is 2.68 bits per heavy atom. The van der Waals surface area contributed by atoms with Gasteiger partial charge >= 0.3 is 0 Å². The second-order valence-electron chi connectivity index (χ2n) is 10.3. The van der Waals surface area contributed by atoms with E-state index in [1.807, 2.05) is 18.2 Å². The van der Waals surface area contributed by atoms with Gasteiger partial charge in [-0.1, -0.05) is 24.3 Å². The van der Waals surface area contributed by atoms with Crippen molar-refractivity contribution in [2.45, 2.75) is 12.5 Å². The molecule has 1 saturated heterocycles. The molecule has 1 amide bonds. The van der Waals surface area contributed by atoms with Crippen LogP contribution >= 0.6 is 0 Å². The van der Waals surface area contributed by atoms with Gasteiger partial charge in [0.1, 0.15) is 17.5 Å². The van der Waals surface area contributed by atoms with Crippen LogP contribution in [0, 0.1) is 23.6 Å². The van der Waals surface area contributed by atoms with E-state index >= 15 is 0 Å². The van der Waals surface area contributed by atoms with Crippen molar-refractivity contribution in [1.29, 1.82) is 0 Å². The van der Waals surface area contributed by atoms with Gasteiger partial charge in [-0.05, 0) is 49.1 Å². The molecular weight excluding hydrogens is 483 g/mol. The summed E-state index contributed by atoms with van der Waals surface area (Å²) in [5.41, 5.74) is 7.91. The van der Waals surface area contributed by atoms with E-state index in [0.717, 1.165) is 44.1 Å². The molecule has 38 heavy (non-hydrogen) atoms. The predicted octanol–water partition coefficient (Wildman–Crippen LogP) is 3.26. The zero-order chi connectivity index (χ0) is 26.2. The molecule has 2 aliphatic carbocycles. The van der Waals surface area contributed by atoms with Crippen LogP contribution < -0.4 is 21.3 Å². The number of carbonyl (C=O) groups excluding carboxylic acids is 1. The van der Waals surface area contributed by atoms with E-state index in [0.29, 0.717) is 22.9 Å². The number of allylic oxidation sites excluding steroid dienone is 1. The average Bonchev–Trinajstić information content (AvgIpc) is 3.52. The standard InChI is InChI=1S/C28H31FN8O/c1-36-9-11-37(12-10-36)23-15-21(7-8-31-23)33-28-32-16-22(17-3-2-4-20(29)14-17)27(35-28)34-25-19-6-5-18(13-19)24(25)26(30)38/h2-8,14-16,18-19,24-25H,9-13H2,1H3,(H2,30,38)(H2,31,32,33,34,35)/t18-,19+,24+,25-/m1/s1. The van der Waals surface area contributed by atoms with Crippen LogP contribution in [0.5, 0.6) is 0 Å². The van der Waals surface area contributed by atoms with E-state index in [2.05, 4.69) is 49.6 Å². The third-order valence-corrected chi connectivity index (χ3v) is 7.84. The fourth-order valence-corrected chi connectivity index (χ4v) is 5.82. The number of piperazine rings is 1. The summed E-state index contributed by atoms with van der Waals surface area (Å²) in [7, 11) is 2.12. The average molecular weight is 515 g/mol. The molecule has 2 aromatic heterocycles. The number of nitrogens with one attached hydrogen (secondary N) is 2. The first-order chi connectivity index (χ1) is 18.4. The highest BCUT2D eigenvalue weighted by molar-refractivity contribution is 5.81. The first-order valence-electron chi connectivity index (χ1n) is 13.0. The van der Waals surface area contributed by atoms with Gasteiger partial charge in [0, 0.05) is 61.9 Å². The Labute approximate surface area is 221 Å². The first-order valence-corrected chi connectivity index (χ1v) is 13.0. The molecule has 2 bridgehead atoms. The lowest BCUT2D eigenvalue weighted by molar-refractivity contribution is -0.122. The third-order valence-electron chi connectivity index (χ3n) is 7.84. The molecule has 0 spiro atoms. The van der Waals surface area contributed by atoms with Crippen molar-refractivity contribution >= 4 is 29.2 Å². The number of benzene rings is 1. The van der Waals surface area contributed by atoms with E-state index in [1.54, 1.807) is 18.5 Å². The lowest BCUT2D eigenvalue weighted by Gasteiger charge is -2.33. The summed E-state index contributed by atoms with van der Waals surface area (Å²) >= 11 is 0. The zero-order valence-electron chi connectivity index (χ0n) is 21.2. The van der Waals surface area contributed by atoms with Gasteiger partial charge in [0.15, 0.2) is 0 Å². The van der Waals surface area contributed by atoms with Gasteiger partial charge in [0.25, 0.3) is 0 Å². The van der Waals surface area contributed by atoms with Gasteiger partial charge in [0.05, 0.1) is 5.92 Å².